The van der Waals surface area contributed by atoms with E-state index in [1.165, 1.54) is 6.07 Å². The van der Waals surface area contributed by atoms with E-state index >= 15 is 0 Å². The first-order valence-electron chi connectivity index (χ1n) is 9.49. The van der Waals surface area contributed by atoms with Gasteiger partial charge in [0, 0.05) is 44.7 Å². The van der Waals surface area contributed by atoms with Gasteiger partial charge < -0.3 is 19.3 Å². The average molecular weight is 389 g/mol. The van der Waals surface area contributed by atoms with Gasteiger partial charge in [0.15, 0.2) is 0 Å². The van der Waals surface area contributed by atoms with Crippen molar-refractivity contribution in [1.82, 2.24) is 14.5 Å². The SMILES string of the molecule is Cc1cc(-c2cn(C)c(C3(O)CCN(C(=O)OC(C)(C)C)CC3)n2)ccc1F. The summed E-state index contributed by atoms with van der Waals surface area (Å²) in [7, 11) is 1.83. The molecule has 1 aromatic heterocycles. The topological polar surface area (TPSA) is 67.6 Å². The van der Waals surface area contributed by atoms with Gasteiger partial charge in [0.2, 0.25) is 0 Å². The minimum Gasteiger partial charge on any atom is -0.444 e. The second-order valence-electron chi connectivity index (χ2n) is 8.52. The number of carbonyl (C=O) groups excluding carboxylic acids is 1. The molecule has 1 fully saturated rings. The molecule has 6 nitrogen and oxygen atoms in total. The minimum absolute atomic E-state index is 0.256. The number of hydrogen-bond donors (Lipinski definition) is 1. The van der Waals surface area contributed by atoms with Crippen LogP contribution in [-0.4, -0.2) is 44.3 Å². The summed E-state index contributed by atoms with van der Waals surface area (Å²) >= 11 is 0. The Kier molecular flexibility index (Phi) is 5.23. The third-order valence-electron chi connectivity index (χ3n) is 4.99. The zero-order chi connectivity index (χ0) is 20.7. The van der Waals surface area contributed by atoms with E-state index in [0.717, 1.165) is 5.56 Å². The molecule has 1 N–H and O–H groups in total. The number of piperidine rings is 1. The van der Waals surface area contributed by atoms with Crippen LogP contribution in [0.5, 0.6) is 0 Å². The van der Waals surface area contributed by atoms with Gasteiger partial charge in [-0.15, -0.1) is 0 Å². The molecule has 152 valence electrons. The molecule has 0 spiro atoms. The van der Waals surface area contributed by atoms with Gasteiger partial charge in [-0.25, -0.2) is 14.2 Å². The lowest BCUT2D eigenvalue weighted by atomic mass is 9.90. The number of aromatic nitrogens is 2. The number of halogens is 1. The number of benzene rings is 1. The number of hydrogen-bond acceptors (Lipinski definition) is 4. The fourth-order valence-electron chi connectivity index (χ4n) is 3.45. The van der Waals surface area contributed by atoms with Crippen molar-refractivity contribution >= 4 is 6.09 Å². The molecule has 28 heavy (non-hydrogen) atoms. The summed E-state index contributed by atoms with van der Waals surface area (Å²) in [5.74, 6) is 0.293. The number of imidazole rings is 1. The van der Waals surface area contributed by atoms with Crippen molar-refractivity contribution in [2.24, 2.45) is 7.05 Å². The molecule has 2 heterocycles. The van der Waals surface area contributed by atoms with Crippen LogP contribution < -0.4 is 0 Å². The maximum atomic E-state index is 13.5. The molecule has 7 heteroatoms. The standard InChI is InChI=1S/C21H28FN3O3/c1-14-12-15(6-7-16(14)22)17-13-24(5)18(23-17)21(27)8-10-25(11-9-21)19(26)28-20(2,3)4/h6-7,12-13,27H,8-11H2,1-5H3. The van der Waals surface area contributed by atoms with Gasteiger partial charge in [-0.05, 0) is 51.5 Å². The Bertz CT molecular complexity index is 878. The van der Waals surface area contributed by atoms with Crippen LogP contribution in [0.25, 0.3) is 11.3 Å². The van der Waals surface area contributed by atoms with E-state index in [1.54, 1.807) is 28.5 Å². The Morgan fingerprint density at radius 2 is 1.93 bits per heavy atom. The number of ether oxygens (including phenoxy) is 1. The van der Waals surface area contributed by atoms with Crippen LogP contribution in [0.1, 0.15) is 45.0 Å². The summed E-state index contributed by atoms with van der Waals surface area (Å²) in [5.41, 5.74) is 0.362. The fraction of sp³-hybridized carbons (Fsp3) is 0.524. The summed E-state index contributed by atoms with van der Waals surface area (Å²) in [5, 5.41) is 11.2. The second kappa shape index (κ2) is 7.20. The van der Waals surface area contributed by atoms with Gasteiger partial charge in [0.05, 0.1) is 5.69 Å². The lowest BCUT2D eigenvalue weighted by molar-refractivity contribution is -0.0423. The van der Waals surface area contributed by atoms with Crippen LogP contribution in [0.3, 0.4) is 0 Å². The monoisotopic (exact) mass is 389 g/mol. The third kappa shape index (κ3) is 4.19. The molecule has 2 aromatic rings. The second-order valence-corrected chi connectivity index (χ2v) is 8.52. The molecule has 1 aliphatic heterocycles. The van der Waals surface area contributed by atoms with Gasteiger partial charge in [-0.3, -0.25) is 0 Å². The molecule has 3 rings (SSSR count). The van der Waals surface area contributed by atoms with Crippen molar-refractivity contribution in [3.8, 4) is 11.3 Å². The summed E-state index contributed by atoms with van der Waals surface area (Å²) in [4.78, 5) is 18.5. The molecule has 1 aromatic carbocycles. The number of nitrogens with zero attached hydrogens (tertiary/aromatic N) is 3. The zero-order valence-electron chi connectivity index (χ0n) is 17.1. The molecule has 0 aliphatic carbocycles. The molecule has 0 unspecified atom stereocenters. The Morgan fingerprint density at radius 3 is 2.50 bits per heavy atom. The van der Waals surface area contributed by atoms with Crippen LogP contribution in [0.15, 0.2) is 24.4 Å². The van der Waals surface area contributed by atoms with E-state index in [1.807, 2.05) is 34.0 Å². The minimum atomic E-state index is -1.12. The summed E-state index contributed by atoms with van der Waals surface area (Å²) in [6.07, 6.45) is 2.22. The van der Waals surface area contributed by atoms with Gasteiger partial charge in [-0.1, -0.05) is 0 Å². The van der Waals surface area contributed by atoms with E-state index in [4.69, 9.17) is 4.74 Å². The summed E-state index contributed by atoms with van der Waals surface area (Å²) in [6.45, 7) is 7.99. The van der Waals surface area contributed by atoms with Crippen molar-refractivity contribution in [3.05, 3.63) is 41.6 Å². The quantitative estimate of drug-likeness (QED) is 0.849. The van der Waals surface area contributed by atoms with Gasteiger partial charge in [0.1, 0.15) is 22.8 Å². The van der Waals surface area contributed by atoms with Crippen molar-refractivity contribution in [2.45, 2.75) is 51.7 Å². The van der Waals surface area contributed by atoms with Crippen LogP contribution in [0.2, 0.25) is 0 Å². The Labute approximate surface area is 164 Å². The highest BCUT2D eigenvalue weighted by Gasteiger charge is 2.39. The van der Waals surface area contributed by atoms with Crippen LogP contribution in [0.4, 0.5) is 9.18 Å². The molecule has 0 saturated carbocycles. The number of likely N-dealkylation sites (tertiary alicyclic amines) is 1. The first-order chi connectivity index (χ1) is 13.0. The fourth-order valence-corrected chi connectivity index (χ4v) is 3.45. The summed E-state index contributed by atoms with van der Waals surface area (Å²) < 4.78 is 20.8. The highest BCUT2D eigenvalue weighted by Crippen LogP contribution is 2.34. The molecule has 0 bridgehead atoms. The number of aryl methyl sites for hydroxylation is 2. The largest absolute Gasteiger partial charge is 0.444 e. The van der Waals surface area contributed by atoms with Gasteiger partial charge >= 0.3 is 6.09 Å². The number of carbonyl (C=O) groups is 1. The smallest absolute Gasteiger partial charge is 0.410 e. The maximum absolute atomic E-state index is 13.5. The lowest BCUT2D eigenvalue weighted by Gasteiger charge is -2.38. The third-order valence-corrected chi connectivity index (χ3v) is 4.99. The molecular formula is C21H28FN3O3. The molecule has 1 aliphatic rings. The Hall–Kier alpha value is -2.41. The van der Waals surface area contributed by atoms with Gasteiger partial charge in [0.25, 0.3) is 0 Å². The van der Waals surface area contributed by atoms with Crippen molar-refractivity contribution in [3.63, 3.8) is 0 Å². The highest BCUT2D eigenvalue weighted by molar-refractivity contribution is 5.68. The average Bonchev–Trinajstić information content (AvgIpc) is 2.99. The number of rotatable bonds is 2. The highest BCUT2D eigenvalue weighted by atomic mass is 19.1. The lowest BCUT2D eigenvalue weighted by Crippen LogP contribution is -2.47. The molecule has 0 atom stereocenters. The summed E-state index contributed by atoms with van der Waals surface area (Å²) in [6, 6.07) is 4.85. The zero-order valence-corrected chi connectivity index (χ0v) is 17.1. The van der Waals surface area contributed by atoms with E-state index < -0.39 is 11.2 Å². The molecule has 1 amide bonds. The van der Waals surface area contributed by atoms with E-state index in [0.29, 0.717) is 43.0 Å². The molecule has 1 saturated heterocycles. The first-order valence-corrected chi connectivity index (χ1v) is 9.49. The van der Waals surface area contributed by atoms with E-state index in [-0.39, 0.29) is 11.9 Å². The van der Waals surface area contributed by atoms with Crippen LogP contribution in [-0.2, 0) is 17.4 Å². The van der Waals surface area contributed by atoms with Gasteiger partial charge in [-0.2, -0.15) is 0 Å². The number of amides is 1. The molecule has 0 radical (unpaired) electrons. The predicted molar refractivity (Wildman–Crippen MR) is 104 cm³/mol. The normalized spacial score (nSPS) is 16.9. The van der Waals surface area contributed by atoms with E-state index in [9.17, 15) is 14.3 Å². The van der Waals surface area contributed by atoms with Crippen molar-refractivity contribution in [2.75, 3.05) is 13.1 Å². The van der Waals surface area contributed by atoms with Crippen molar-refractivity contribution in [1.29, 1.82) is 0 Å². The first kappa shape index (κ1) is 20.3. The van der Waals surface area contributed by atoms with Crippen molar-refractivity contribution < 1.29 is 19.0 Å². The Balaban J connectivity index is 1.76. The van der Waals surface area contributed by atoms with Crippen LogP contribution >= 0.6 is 0 Å². The Morgan fingerprint density at radius 1 is 1.29 bits per heavy atom. The predicted octanol–water partition coefficient (Wildman–Crippen LogP) is 3.75. The van der Waals surface area contributed by atoms with Crippen LogP contribution in [0, 0.1) is 12.7 Å². The van der Waals surface area contributed by atoms with E-state index in [2.05, 4.69) is 4.98 Å². The molecular weight excluding hydrogens is 361 g/mol. The number of aliphatic hydroxyl groups is 1. The maximum Gasteiger partial charge on any atom is 0.410 e.